The number of halogens is 2. The van der Waals surface area contributed by atoms with Crippen LogP contribution < -0.4 is 5.32 Å². The van der Waals surface area contributed by atoms with Gasteiger partial charge in [-0.05, 0) is 51.2 Å². The fraction of sp³-hybridized carbons (Fsp3) is 0.294. The lowest BCUT2D eigenvalue weighted by Crippen LogP contribution is -2.11. The molecule has 2 rings (SSSR count). The number of phenolic OH excluding ortho intramolecular Hbond substituents is 2. The first-order valence-electron chi connectivity index (χ1n) is 6.93. The van der Waals surface area contributed by atoms with Crippen LogP contribution in [0.4, 0.5) is 5.69 Å². The van der Waals surface area contributed by atoms with Gasteiger partial charge in [0.25, 0.3) is 0 Å². The molecule has 5 heteroatoms. The molecule has 0 spiro atoms. The summed E-state index contributed by atoms with van der Waals surface area (Å²) in [6.07, 6.45) is 0. The van der Waals surface area contributed by atoms with Crippen LogP contribution in [0.3, 0.4) is 0 Å². The normalized spacial score (nSPS) is 11.5. The van der Waals surface area contributed by atoms with Crippen LogP contribution in [0.25, 0.3) is 0 Å². The molecule has 0 unspecified atom stereocenters. The third-order valence-corrected chi connectivity index (χ3v) is 4.26. The van der Waals surface area contributed by atoms with Crippen LogP contribution in [-0.4, -0.2) is 10.2 Å². The molecule has 3 N–H and O–H groups in total. The maximum atomic E-state index is 10.0. The summed E-state index contributed by atoms with van der Waals surface area (Å²) in [6.45, 7) is 6.70. The minimum absolute atomic E-state index is 0.00858. The van der Waals surface area contributed by atoms with Gasteiger partial charge in [0.15, 0.2) is 0 Å². The highest BCUT2D eigenvalue weighted by Gasteiger charge is 2.16. The Hall–Kier alpha value is -1.39. The van der Waals surface area contributed by atoms with Gasteiger partial charge < -0.3 is 15.5 Å². The average Bonchev–Trinajstić information content (AvgIpc) is 2.41. The molecular formula is C17H19BrClNO2. The molecule has 3 nitrogen and oxygen atoms in total. The molecule has 0 saturated heterocycles. The van der Waals surface area contributed by atoms with Gasteiger partial charge in [0.2, 0.25) is 0 Å². The van der Waals surface area contributed by atoms with E-state index in [2.05, 4.69) is 42.0 Å². The van der Waals surface area contributed by atoms with Crippen LogP contribution in [0.1, 0.15) is 31.9 Å². The molecule has 2 aromatic rings. The largest absolute Gasteiger partial charge is 0.506 e. The van der Waals surface area contributed by atoms with Crippen LogP contribution in [-0.2, 0) is 12.0 Å². The summed E-state index contributed by atoms with van der Waals surface area (Å²) in [5.41, 5.74) is 2.39. The van der Waals surface area contributed by atoms with Crippen LogP contribution >= 0.6 is 27.5 Å². The molecule has 0 bridgehead atoms. The van der Waals surface area contributed by atoms with Crippen molar-refractivity contribution in [3.63, 3.8) is 0 Å². The van der Waals surface area contributed by atoms with Gasteiger partial charge >= 0.3 is 0 Å². The van der Waals surface area contributed by atoms with E-state index in [9.17, 15) is 10.2 Å². The van der Waals surface area contributed by atoms with Crippen molar-refractivity contribution in [2.75, 3.05) is 5.32 Å². The van der Waals surface area contributed by atoms with E-state index in [-0.39, 0.29) is 16.9 Å². The number of hydrogen-bond donors (Lipinski definition) is 3. The Kier molecular flexibility index (Phi) is 4.93. The third-order valence-electron chi connectivity index (χ3n) is 3.44. The monoisotopic (exact) mass is 383 g/mol. The number of hydrogen-bond acceptors (Lipinski definition) is 3. The standard InChI is InChI=1S/C17H19BrClNO2/c1-17(2,3)11-4-5-15(21)14(7-11)20-9-10-6-12(19)8-13(18)16(10)22/h4-8,20-22H,9H2,1-3H3. The van der Waals surface area contributed by atoms with Crippen molar-refractivity contribution in [2.24, 2.45) is 0 Å². The summed E-state index contributed by atoms with van der Waals surface area (Å²) in [5.74, 6) is 0.317. The quantitative estimate of drug-likeness (QED) is 0.619. The Labute approximate surface area is 144 Å². The summed E-state index contributed by atoms with van der Waals surface area (Å²) >= 11 is 9.27. The number of rotatable bonds is 3. The Balaban J connectivity index is 2.25. The highest BCUT2D eigenvalue weighted by atomic mass is 79.9. The number of anilines is 1. The van der Waals surface area contributed by atoms with E-state index < -0.39 is 0 Å². The third kappa shape index (κ3) is 3.87. The number of phenols is 2. The van der Waals surface area contributed by atoms with E-state index in [1.165, 1.54) is 0 Å². The van der Waals surface area contributed by atoms with Gasteiger partial charge in [0.1, 0.15) is 11.5 Å². The van der Waals surface area contributed by atoms with Crippen LogP contribution in [0.5, 0.6) is 11.5 Å². The second-order valence-electron chi connectivity index (χ2n) is 6.23. The van der Waals surface area contributed by atoms with Crippen molar-refractivity contribution in [3.05, 3.63) is 51.0 Å². The topological polar surface area (TPSA) is 52.5 Å². The molecule has 0 amide bonds. The van der Waals surface area contributed by atoms with Gasteiger partial charge in [-0.25, -0.2) is 0 Å². The zero-order chi connectivity index (χ0) is 16.5. The van der Waals surface area contributed by atoms with Crippen molar-refractivity contribution in [1.82, 2.24) is 0 Å². The first-order chi connectivity index (χ1) is 10.2. The van der Waals surface area contributed by atoms with Crippen LogP contribution in [0.15, 0.2) is 34.8 Å². The van der Waals surface area contributed by atoms with Crippen molar-refractivity contribution >= 4 is 33.2 Å². The van der Waals surface area contributed by atoms with Crippen molar-refractivity contribution in [3.8, 4) is 11.5 Å². The van der Waals surface area contributed by atoms with E-state index in [0.29, 0.717) is 27.3 Å². The van der Waals surface area contributed by atoms with Gasteiger partial charge in [0.05, 0.1) is 10.2 Å². The fourth-order valence-corrected chi connectivity index (χ4v) is 2.96. The van der Waals surface area contributed by atoms with Gasteiger partial charge in [-0.3, -0.25) is 0 Å². The Morgan fingerprint density at radius 1 is 1.14 bits per heavy atom. The Morgan fingerprint density at radius 2 is 1.82 bits per heavy atom. The van der Waals surface area contributed by atoms with E-state index in [1.54, 1.807) is 18.2 Å². The Morgan fingerprint density at radius 3 is 2.45 bits per heavy atom. The molecule has 2 aromatic carbocycles. The number of nitrogens with one attached hydrogen (secondary N) is 1. The summed E-state index contributed by atoms with van der Waals surface area (Å²) < 4.78 is 0.546. The maximum Gasteiger partial charge on any atom is 0.138 e. The van der Waals surface area contributed by atoms with Crippen LogP contribution in [0.2, 0.25) is 5.02 Å². The molecule has 0 saturated carbocycles. The molecule has 0 heterocycles. The second-order valence-corrected chi connectivity index (χ2v) is 7.52. The maximum absolute atomic E-state index is 10.0. The molecule has 0 aromatic heterocycles. The van der Waals surface area contributed by atoms with Gasteiger partial charge in [-0.1, -0.05) is 38.4 Å². The minimum atomic E-state index is -0.00858. The molecule has 118 valence electrons. The molecule has 0 aliphatic heterocycles. The molecule has 0 fully saturated rings. The lowest BCUT2D eigenvalue weighted by molar-refractivity contribution is 0.464. The lowest BCUT2D eigenvalue weighted by Gasteiger charge is -2.21. The predicted octanol–water partition coefficient (Wildman–Crippen LogP) is 5.42. The van der Waals surface area contributed by atoms with Crippen molar-refractivity contribution in [2.45, 2.75) is 32.7 Å². The summed E-state index contributed by atoms with van der Waals surface area (Å²) in [7, 11) is 0. The number of benzene rings is 2. The van der Waals surface area contributed by atoms with Gasteiger partial charge in [-0.15, -0.1) is 0 Å². The van der Waals surface area contributed by atoms with Gasteiger partial charge in [0, 0.05) is 17.1 Å². The smallest absolute Gasteiger partial charge is 0.138 e. The highest BCUT2D eigenvalue weighted by Crippen LogP contribution is 2.34. The molecule has 0 aliphatic carbocycles. The summed E-state index contributed by atoms with van der Waals surface area (Å²) in [4.78, 5) is 0. The molecule has 0 atom stereocenters. The first-order valence-corrected chi connectivity index (χ1v) is 8.10. The highest BCUT2D eigenvalue weighted by molar-refractivity contribution is 9.10. The fourth-order valence-electron chi connectivity index (χ4n) is 2.09. The molecule has 22 heavy (non-hydrogen) atoms. The molecule has 0 aliphatic rings. The first kappa shape index (κ1) is 17.0. The minimum Gasteiger partial charge on any atom is -0.506 e. The Bertz CT molecular complexity index is 696. The molecular weight excluding hydrogens is 366 g/mol. The lowest BCUT2D eigenvalue weighted by atomic mass is 9.87. The van der Waals surface area contributed by atoms with E-state index >= 15 is 0 Å². The zero-order valence-corrected chi connectivity index (χ0v) is 15.1. The van der Waals surface area contributed by atoms with Crippen LogP contribution in [0, 0.1) is 0 Å². The van der Waals surface area contributed by atoms with Gasteiger partial charge in [-0.2, -0.15) is 0 Å². The van der Waals surface area contributed by atoms with E-state index in [1.807, 2.05) is 12.1 Å². The summed E-state index contributed by atoms with van der Waals surface area (Å²) in [6, 6.07) is 8.84. The van der Waals surface area contributed by atoms with E-state index in [0.717, 1.165) is 5.56 Å². The average molecular weight is 385 g/mol. The summed E-state index contributed by atoms with van der Waals surface area (Å²) in [5, 5.41) is 23.7. The van der Waals surface area contributed by atoms with Crippen molar-refractivity contribution < 1.29 is 10.2 Å². The second kappa shape index (κ2) is 6.39. The predicted molar refractivity (Wildman–Crippen MR) is 95.0 cm³/mol. The van der Waals surface area contributed by atoms with Crippen molar-refractivity contribution in [1.29, 1.82) is 0 Å². The zero-order valence-electron chi connectivity index (χ0n) is 12.7. The van der Waals surface area contributed by atoms with E-state index in [4.69, 9.17) is 11.6 Å². The number of aromatic hydroxyl groups is 2. The molecule has 0 radical (unpaired) electrons. The SMILES string of the molecule is CC(C)(C)c1ccc(O)c(NCc2cc(Cl)cc(Br)c2O)c1.